The van der Waals surface area contributed by atoms with Crippen LogP contribution in [0.15, 0.2) is 12.1 Å². The third kappa shape index (κ3) is 5.02. The second-order valence-electron chi connectivity index (χ2n) is 4.89. The van der Waals surface area contributed by atoms with E-state index < -0.39 is 0 Å². The lowest BCUT2D eigenvalue weighted by Gasteiger charge is -2.20. The average molecular weight is 277 g/mol. The summed E-state index contributed by atoms with van der Waals surface area (Å²) in [6.07, 6.45) is 0. The molecule has 0 aliphatic heterocycles. The number of halogens is 2. The monoisotopic (exact) mass is 276 g/mol. The van der Waals surface area contributed by atoms with E-state index in [2.05, 4.69) is 31.4 Å². The first-order valence-corrected chi connectivity index (χ1v) is 6.22. The molecule has 0 fully saturated rings. The van der Waals surface area contributed by atoms with Gasteiger partial charge < -0.3 is 15.7 Å². The van der Waals surface area contributed by atoms with E-state index in [9.17, 15) is 5.11 Å². The summed E-state index contributed by atoms with van der Waals surface area (Å²) in [5.41, 5.74) is 0.903. The van der Waals surface area contributed by atoms with Crippen LogP contribution in [0.2, 0.25) is 10.0 Å². The fraction of sp³-hybridized carbons (Fsp3) is 0.500. The number of benzene rings is 1. The van der Waals surface area contributed by atoms with Gasteiger partial charge in [0.25, 0.3) is 0 Å². The van der Waals surface area contributed by atoms with E-state index >= 15 is 0 Å². The lowest BCUT2D eigenvalue weighted by molar-refractivity contribution is 0.435. The molecule has 17 heavy (non-hydrogen) atoms. The maximum atomic E-state index is 9.40. The van der Waals surface area contributed by atoms with Crippen LogP contribution in [0.1, 0.15) is 20.8 Å². The van der Waals surface area contributed by atoms with Gasteiger partial charge in [0, 0.05) is 24.3 Å². The van der Waals surface area contributed by atoms with Gasteiger partial charge in [-0.25, -0.2) is 0 Å². The predicted molar refractivity (Wildman–Crippen MR) is 74.4 cm³/mol. The number of hydrogen-bond acceptors (Lipinski definition) is 3. The summed E-state index contributed by atoms with van der Waals surface area (Å²) in [5, 5.41) is 16.5. The van der Waals surface area contributed by atoms with Crippen molar-refractivity contribution in [3.63, 3.8) is 0 Å². The van der Waals surface area contributed by atoms with Gasteiger partial charge in [-0.15, -0.1) is 0 Å². The fourth-order valence-electron chi connectivity index (χ4n) is 1.31. The fourth-order valence-corrected chi connectivity index (χ4v) is 1.80. The van der Waals surface area contributed by atoms with Crippen LogP contribution in [-0.4, -0.2) is 23.7 Å². The SMILES string of the molecule is CC(C)(C)NCCNc1cc(Cl)c(O)c(Cl)c1. The van der Waals surface area contributed by atoms with Crippen molar-refractivity contribution in [2.45, 2.75) is 26.3 Å². The molecule has 1 aromatic carbocycles. The number of anilines is 1. The molecule has 0 amide bonds. The predicted octanol–water partition coefficient (Wildman–Crippen LogP) is 3.50. The Hall–Kier alpha value is -0.640. The van der Waals surface area contributed by atoms with Crippen molar-refractivity contribution in [3.05, 3.63) is 22.2 Å². The van der Waals surface area contributed by atoms with Crippen molar-refractivity contribution in [1.82, 2.24) is 5.32 Å². The van der Waals surface area contributed by atoms with E-state index in [1.807, 2.05) is 0 Å². The number of aromatic hydroxyl groups is 1. The third-order valence-electron chi connectivity index (χ3n) is 2.13. The Balaban J connectivity index is 2.48. The molecule has 0 bridgehead atoms. The highest BCUT2D eigenvalue weighted by Gasteiger charge is 2.08. The number of phenolic OH excluding ortho intramolecular Hbond substituents is 1. The molecule has 96 valence electrons. The Morgan fingerprint density at radius 2 is 1.65 bits per heavy atom. The summed E-state index contributed by atoms with van der Waals surface area (Å²) in [4.78, 5) is 0. The van der Waals surface area contributed by atoms with Gasteiger partial charge in [0.1, 0.15) is 0 Å². The molecular weight excluding hydrogens is 259 g/mol. The molecule has 0 aliphatic rings. The molecule has 0 unspecified atom stereocenters. The Bertz CT molecular complexity index is 366. The molecule has 3 N–H and O–H groups in total. The van der Waals surface area contributed by atoms with E-state index in [1.165, 1.54) is 0 Å². The summed E-state index contributed by atoms with van der Waals surface area (Å²) in [5.74, 6) is -0.0771. The summed E-state index contributed by atoms with van der Waals surface area (Å²) in [6, 6.07) is 3.31. The third-order valence-corrected chi connectivity index (χ3v) is 2.70. The van der Waals surface area contributed by atoms with E-state index in [-0.39, 0.29) is 21.3 Å². The van der Waals surface area contributed by atoms with Gasteiger partial charge in [-0.05, 0) is 32.9 Å². The molecule has 0 atom stereocenters. The van der Waals surface area contributed by atoms with Crippen LogP contribution >= 0.6 is 23.2 Å². The van der Waals surface area contributed by atoms with E-state index in [1.54, 1.807) is 12.1 Å². The maximum absolute atomic E-state index is 9.40. The standard InChI is InChI=1S/C12H18Cl2N2O/c1-12(2,3)16-5-4-15-8-6-9(13)11(17)10(14)7-8/h6-7,15-17H,4-5H2,1-3H3. The van der Waals surface area contributed by atoms with Gasteiger partial charge in [0.2, 0.25) is 0 Å². The largest absolute Gasteiger partial charge is 0.505 e. The normalized spacial score (nSPS) is 11.6. The van der Waals surface area contributed by atoms with Gasteiger partial charge >= 0.3 is 0 Å². The molecule has 0 spiro atoms. The number of rotatable bonds is 4. The van der Waals surface area contributed by atoms with E-state index in [0.29, 0.717) is 0 Å². The molecular formula is C12H18Cl2N2O. The number of hydrogen-bond donors (Lipinski definition) is 3. The van der Waals surface area contributed by atoms with E-state index in [0.717, 1.165) is 18.8 Å². The highest BCUT2D eigenvalue weighted by molar-refractivity contribution is 6.37. The molecule has 5 heteroatoms. The van der Waals surface area contributed by atoms with Crippen molar-refractivity contribution in [2.24, 2.45) is 0 Å². The average Bonchev–Trinajstić information content (AvgIpc) is 2.19. The zero-order valence-corrected chi connectivity index (χ0v) is 11.8. The lowest BCUT2D eigenvalue weighted by atomic mass is 10.1. The molecule has 0 aromatic heterocycles. The van der Waals surface area contributed by atoms with Crippen LogP contribution in [0.3, 0.4) is 0 Å². The first kappa shape index (κ1) is 14.4. The van der Waals surface area contributed by atoms with Gasteiger partial charge in [-0.1, -0.05) is 23.2 Å². The lowest BCUT2D eigenvalue weighted by Crippen LogP contribution is -2.38. The van der Waals surface area contributed by atoms with E-state index in [4.69, 9.17) is 23.2 Å². The zero-order chi connectivity index (χ0) is 13.1. The summed E-state index contributed by atoms with van der Waals surface area (Å²) >= 11 is 11.6. The first-order valence-electron chi connectivity index (χ1n) is 5.46. The molecule has 0 saturated heterocycles. The molecule has 0 aliphatic carbocycles. The van der Waals surface area contributed by atoms with Gasteiger partial charge in [0.05, 0.1) is 10.0 Å². The number of phenols is 1. The Labute approximate surface area is 112 Å². The van der Waals surface area contributed by atoms with Gasteiger partial charge in [-0.3, -0.25) is 0 Å². The van der Waals surface area contributed by atoms with Gasteiger partial charge in [0.15, 0.2) is 5.75 Å². The van der Waals surface area contributed by atoms with Crippen LogP contribution in [0, 0.1) is 0 Å². The highest BCUT2D eigenvalue weighted by Crippen LogP contribution is 2.34. The second-order valence-corrected chi connectivity index (χ2v) is 5.71. The van der Waals surface area contributed by atoms with Crippen molar-refractivity contribution < 1.29 is 5.11 Å². The van der Waals surface area contributed by atoms with Crippen molar-refractivity contribution in [2.75, 3.05) is 18.4 Å². The summed E-state index contributed by atoms with van der Waals surface area (Å²) in [6.45, 7) is 7.93. The van der Waals surface area contributed by atoms with Crippen molar-refractivity contribution in [3.8, 4) is 5.75 Å². The number of nitrogens with one attached hydrogen (secondary N) is 2. The molecule has 3 nitrogen and oxygen atoms in total. The van der Waals surface area contributed by atoms with Crippen molar-refractivity contribution >= 4 is 28.9 Å². The summed E-state index contributed by atoms with van der Waals surface area (Å²) < 4.78 is 0. The van der Waals surface area contributed by atoms with Crippen LogP contribution in [0.5, 0.6) is 5.75 Å². The molecule has 0 saturated carbocycles. The van der Waals surface area contributed by atoms with Crippen LogP contribution in [0.25, 0.3) is 0 Å². The first-order chi connectivity index (χ1) is 7.79. The zero-order valence-electron chi connectivity index (χ0n) is 10.3. The molecule has 1 aromatic rings. The minimum Gasteiger partial charge on any atom is -0.505 e. The smallest absolute Gasteiger partial charge is 0.152 e. The molecule has 0 heterocycles. The summed E-state index contributed by atoms with van der Waals surface area (Å²) in [7, 11) is 0. The van der Waals surface area contributed by atoms with Crippen molar-refractivity contribution in [1.29, 1.82) is 0 Å². The highest BCUT2D eigenvalue weighted by atomic mass is 35.5. The molecule has 0 radical (unpaired) electrons. The van der Waals surface area contributed by atoms with Gasteiger partial charge in [-0.2, -0.15) is 0 Å². The minimum absolute atomic E-state index is 0.0771. The maximum Gasteiger partial charge on any atom is 0.152 e. The minimum atomic E-state index is -0.0771. The topological polar surface area (TPSA) is 44.3 Å². The Kier molecular flexibility index (Phi) is 4.92. The molecule has 1 rings (SSSR count). The van der Waals surface area contributed by atoms with Crippen LogP contribution in [0.4, 0.5) is 5.69 Å². The van der Waals surface area contributed by atoms with Crippen LogP contribution < -0.4 is 10.6 Å². The van der Waals surface area contributed by atoms with Crippen LogP contribution in [-0.2, 0) is 0 Å². The Morgan fingerprint density at radius 3 is 2.12 bits per heavy atom. The second kappa shape index (κ2) is 5.80. The Morgan fingerprint density at radius 1 is 1.12 bits per heavy atom. The quantitative estimate of drug-likeness (QED) is 0.583.